The third-order valence-corrected chi connectivity index (χ3v) is 5.00. The van der Waals surface area contributed by atoms with Crippen molar-refractivity contribution in [1.29, 1.82) is 0 Å². The Labute approximate surface area is 121 Å². The molecule has 20 heavy (non-hydrogen) atoms. The summed E-state index contributed by atoms with van der Waals surface area (Å²) in [5.41, 5.74) is 1.08. The van der Waals surface area contributed by atoms with Gasteiger partial charge in [-0.1, -0.05) is 32.1 Å². The molecule has 1 saturated heterocycles. The fraction of sp³-hybridized carbons (Fsp3) is 0.647. The average Bonchev–Trinajstić information content (AvgIpc) is 2.99. The monoisotopic (exact) mass is 272 g/mol. The van der Waals surface area contributed by atoms with Crippen LogP contribution in [0.5, 0.6) is 0 Å². The number of carbonyl (C=O) groups excluding carboxylic acids is 1. The Kier molecular flexibility index (Phi) is 4.34. The van der Waals surface area contributed by atoms with Crippen LogP contribution in [0.25, 0.3) is 0 Å². The highest BCUT2D eigenvalue weighted by molar-refractivity contribution is 5.79. The molecule has 0 bridgehead atoms. The first-order chi connectivity index (χ1) is 9.83. The number of amides is 1. The summed E-state index contributed by atoms with van der Waals surface area (Å²) in [4.78, 5) is 18.4. The lowest BCUT2D eigenvalue weighted by atomic mass is 9.80. The normalized spacial score (nSPS) is 24.0. The number of aromatic nitrogens is 1. The van der Waals surface area contributed by atoms with Crippen LogP contribution in [0.3, 0.4) is 0 Å². The molecule has 3 heteroatoms. The van der Waals surface area contributed by atoms with Gasteiger partial charge in [0.2, 0.25) is 5.91 Å². The van der Waals surface area contributed by atoms with Crippen molar-refractivity contribution in [2.24, 2.45) is 11.8 Å². The Morgan fingerprint density at radius 2 is 1.85 bits per heavy atom. The number of nitrogens with zero attached hydrogens (tertiary/aromatic N) is 2. The second-order valence-electron chi connectivity index (χ2n) is 6.32. The minimum absolute atomic E-state index is 0.287. The Bertz CT molecular complexity index is 440. The maximum atomic E-state index is 12.3. The van der Waals surface area contributed by atoms with E-state index in [-0.39, 0.29) is 5.91 Å². The summed E-state index contributed by atoms with van der Waals surface area (Å²) in [5, 5.41) is 0. The van der Waals surface area contributed by atoms with Gasteiger partial charge in [0, 0.05) is 25.5 Å². The molecule has 1 atom stereocenters. The van der Waals surface area contributed by atoms with Crippen molar-refractivity contribution in [1.82, 2.24) is 9.88 Å². The maximum absolute atomic E-state index is 12.3. The molecule has 2 aliphatic rings. The van der Waals surface area contributed by atoms with E-state index in [0.717, 1.165) is 30.5 Å². The molecule has 2 fully saturated rings. The highest BCUT2D eigenvalue weighted by Crippen LogP contribution is 2.35. The van der Waals surface area contributed by atoms with E-state index in [2.05, 4.69) is 9.88 Å². The minimum Gasteiger partial charge on any atom is -0.342 e. The van der Waals surface area contributed by atoms with Gasteiger partial charge in [-0.2, -0.15) is 0 Å². The van der Waals surface area contributed by atoms with E-state index >= 15 is 0 Å². The molecule has 1 amide bonds. The lowest BCUT2D eigenvalue weighted by Gasteiger charge is -2.27. The summed E-state index contributed by atoms with van der Waals surface area (Å²) in [6.45, 7) is 1.96. The lowest BCUT2D eigenvalue weighted by molar-refractivity contribution is -0.129. The number of likely N-dealkylation sites (tertiary alicyclic amines) is 1. The fourth-order valence-corrected chi connectivity index (χ4v) is 3.79. The van der Waals surface area contributed by atoms with Crippen molar-refractivity contribution in [3.05, 3.63) is 30.1 Å². The van der Waals surface area contributed by atoms with E-state index < -0.39 is 0 Å². The minimum atomic E-state index is 0.287. The highest BCUT2D eigenvalue weighted by Gasteiger charge is 2.32. The van der Waals surface area contributed by atoms with Gasteiger partial charge in [-0.05, 0) is 36.0 Å². The zero-order chi connectivity index (χ0) is 13.8. The summed E-state index contributed by atoms with van der Waals surface area (Å²) in [6.07, 6.45) is 12.2. The average molecular weight is 272 g/mol. The molecule has 0 aromatic carbocycles. The zero-order valence-corrected chi connectivity index (χ0v) is 12.1. The van der Waals surface area contributed by atoms with Crippen molar-refractivity contribution in [2.45, 2.75) is 44.9 Å². The van der Waals surface area contributed by atoms with E-state index in [1.54, 1.807) is 12.4 Å². The predicted octanol–water partition coefficient (Wildman–Crippen LogP) is 3.05. The van der Waals surface area contributed by atoms with Crippen molar-refractivity contribution in [3.8, 4) is 0 Å². The molecule has 0 unspecified atom stereocenters. The van der Waals surface area contributed by atoms with Gasteiger partial charge in [-0.15, -0.1) is 0 Å². The Morgan fingerprint density at radius 1 is 1.10 bits per heavy atom. The van der Waals surface area contributed by atoms with E-state index in [1.165, 1.54) is 38.5 Å². The summed E-state index contributed by atoms with van der Waals surface area (Å²) >= 11 is 0. The van der Waals surface area contributed by atoms with E-state index in [1.807, 2.05) is 12.1 Å². The first-order valence-corrected chi connectivity index (χ1v) is 7.99. The zero-order valence-electron chi connectivity index (χ0n) is 12.1. The van der Waals surface area contributed by atoms with Gasteiger partial charge < -0.3 is 4.90 Å². The molecule has 1 aliphatic heterocycles. The summed E-state index contributed by atoms with van der Waals surface area (Å²) in [6, 6.07) is 3.87. The van der Waals surface area contributed by atoms with Crippen LogP contribution in [0.15, 0.2) is 24.5 Å². The topological polar surface area (TPSA) is 33.2 Å². The Balaban J connectivity index is 1.52. The highest BCUT2D eigenvalue weighted by atomic mass is 16.2. The van der Waals surface area contributed by atoms with Crippen LogP contribution in [0.1, 0.15) is 44.1 Å². The molecule has 3 rings (SSSR count). The fourth-order valence-electron chi connectivity index (χ4n) is 3.79. The van der Waals surface area contributed by atoms with Crippen LogP contribution in [0, 0.1) is 11.8 Å². The third-order valence-electron chi connectivity index (χ3n) is 5.00. The van der Waals surface area contributed by atoms with Crippen molar-refractivity contribution in [2.75, 3.05) is 13.1 Å². The van der Waals surface area contributed by atoms with Gasteiger partial charge in [0.25, 0.3) is 0 Å². The maximum Gasteiger partial charge on any atom is 0.227 e. The number of carbonyl (C=O) groups is 1. The smallest absolute Gasteiger partial charge is 0.227 e. The van der Waals surface area contributed by atoms with Crippen LogP contribution in [0.2, 0.25) is 0 Å². The summed E-state index contributed by atoms with van der Waals surface area (Å²) < 4.78 is 0. The van der Waals surface area contributed by atoms with Gasteiger partial charge >= 0.3 is 0 Å². The van der Waals surface area contributed by atoms with Crippen LogP contribution in [0.4, 0.5) is 0 Å². The quantitative estimate of drug-likeness (QED) is 0.847. The van der Waals surface area contributed by atoms with E-state index in [0.29, 0.717) is 6.42 Å². The molecule has 1 aromatic rings. The number of hydrogen-bond donors (Lipinski definition) is 0. The lowest BCUT2D eigenvalue weighted by Crippen LogP contribution is -2.31. The van der Waals surface area contributed by atoms with Crippen molar-refractivity contribution in [3.63, 3.8) is 0 Å². The van der Waals surface area contributed by atoms with Crippen LogP contribution in [-0.2, 0) is 11.2 Å². The van der Waals surface area contributed by atoms with E-state index in [4.69, 9.17) is 0 Å². The molecule has 0 spiro atoms. The largest absolute Gasteiger partial charge is 0.342 e. The van der Waals surface area contributed by atoms with Crippen molar-refractivity contribution >= 4 is 5.91 Å². The number of hydrogen-bond acceptors (Lipinski definition) is 2. The van der Waals surface area contributed by atoms with Gasteiger partial charge in [0.15, 0.2) is 0 Å². The molecule has 1 saturated carbocycles. The van der Waals surface area contributed by atoms with Gasteiger partial charge in [0.05, 0.1) is 6.42 Å². The molecular weight excluding hydrogens is 248 g/mol. The molecule has 3 nitrogen and oxygen atoms in total. The second kappa shape index (κ2) is 6.38. The molecular formula is C17H24N2O. The second-order valence-corrected chi connectivity index (χ2v) is 6.32. The Morgan fingerprint density at radius 3 is 2.60 bits per heavy atom. The number of pyridine rings is 1. The molecule has 108 valence electrons. The van der Waals surface area contributed by atoms with Gasteiger partial charge in [0.1, 0.15) is 0 Å². The first kappa shape index (κ1) is 13.6. The predicted molar refractivity (Wildman–Crippen MR) is 79.2 cm³/mol. The molecule has 2 heterocycles. The van der Waals surface area contributed by atoms with Gasteiger partial charge in [-0.3, -0.25) is 9.78 Å². The van der Waals surface area contributed by atoms with Crippen molar-refractivity contribution < 1.29 is 4.79 Å². The molecule has 0 N–H and O–H groups in total. The SMILES string of the molecule is O=C(Cc1ccncc1)N1CC[C@@H](C2CCCCC2)C1. The van der Waals surface area contributed by atoms with Crippen LogP contribution < -0.4 is 0 Å². The standard InChI is InChI=1S/C17H24N2O/c20-17(12-14-6-9-18-10-7-14)19-11-8-16(13-19)15-4-2-1-3-5-15/h6-7,9-10,15-16H,1-5,8,11-13H2/t16-/m1/s1. The first-order valence-electron chi connectivity index (χ1n) is 7.99. The molecule has 1 aromatic heterocycles. The molecule has 1 aliphatic carbocycles. The molecule has 0 radical (unpaired) electrons. The van der Waals surface area contributed by atoms with Crippen LogP contribution in [-0.4, -0.2) is 28.9 Å². The Hall–Kier alpha value is -1.38. The summed E-state index contributed by atoms with van der Waals surface area (Å²) in [5.74, 6) is 1.92. The third kappa shape index (κ3) is 3.20. The number of rotatable bonds is 3. The van der Waals surface area contributed by atoms with Gasteiger partial charge in [-0.25, -0.2) is 0 Å². The van der Waals surface area contributed by atoms with Crippen LogP contribution >= 0.6 is 0 Å². The summed E-state index contributed by atoms with van der Waals surface area (Å²) in [7, 11) is 0. The van der Waals surface area contributed by atoms with E-state index in [9.17, 15) is 4.79 Å².